The summed E-state index contributed by atoms with van der Waals surface area (Å²) in [6, 6.07) is 3.95. The Balaban J connectivity index is 0.000000321. The maximum absolute atomic E-state index is 11.6. The van der Waals surface area contributed by atoms with E-state index < -0.39 is 12.1 Å². The van der Waals surface area contributed by atoms with E-state index in [0.717, 1.165) is 24.3 Å². The molecule has 1 fully saturated rings. The lowest BCUT2D eigenvalue weighted by molar-refractivity contribution is -0.192. The van der Waals surface area contributed by atoms with Crippen molar-refractivity contribution in [2.75, 3.05) is 13.1 Å². The van der Waals surface area contributed by atoms with Crippen molar-refractivity contribution in [3.05, 3.63) is 34.5 Å². The van der Waals surface area contributed by atoms with Gasteiger partial charge in [-0.05, 0) is 56.3 Å². The monoisotopic (exact) mass is 385 g/mol. The molecule has 0 bridgehead atoms. The van der Waals surface area contributed by atoms with Crippen molar-refractivity contribution in [1.29, 1.82) is 0 Å². The number of benzene rings is 1. The van der Waals surface area contributed by atoms with Crippen molar-refractivity contribution in [1.82, 2.24) is 10.3 Å². The summed E-state index contributed by atoms with van der Waals surface area (Å²) in [6.45, 7) is 6.26. The Labute approximate surface area is 153 Å². The van der Waals surface area contributed by atoms with E-state index in [-0.39, 0.29) is 5.91 Å². The number of aliphatic carboxylic acids is 1. The number of aromatic amines is 1. The lowest BCUT2D eigenvalue weighted by Gasteiger charge is -2.24. The topological polar surface area (TPSA) is 108 Å². The number of H-pyrrole nitrogens is 1. The summed E-state index contributed by atoms with van der Waals surface area (Å²) in [5.41, 5.74) is 10.6. The number of halogens is 3. The second kappa shape index (κ2) is 7.99. The Morgan fingerprint density at radius 1 is 1.26 bits per heavy atom. The molecule has 1 aromatic carbocycles. The highest BCUT2D eigenvalue weighted by molar-refractivity contribution is 6.07. The minimum Gasteiger partial charge on any atom is -0.475 e. The average molecular weight is 385 g/mol. The van der Waals surface area contributed by atoms with Crippen LogP contribution in [-0.4, -0.2) is 41.2 Å². The number of nitrogens with one attached hydrogen (secondary N) is 2. The zero-order valence-corrected chi connectivity index (χ0v) is 15.0. The first-order chi connectivity index (χ1) is 12.5. The number of hydrogen-bond donors (Lipinski definition) is 4. The number of amides is 1. The normalized spacial score (nSPS) is 17.3. The van der Waals surface area contributed by atoms with Crippen LogP contribution in [0.25, 0.3) is 10.9 Å². The number of rotatable bonds is 2. The van der Waals surface area contributed by atoms with E-state index >= 15 is 0 Å². The van der Waals surface area contributed by atoms with Crippen LogP contribution in [0.5, 0.6) is 0 Å². The van der Waals surface area contributed by atoms with Crippen molar-refractivity contribution in [2.45, 2.75) is 38.8 Å². The molecule has 0 radical (unpaired) electrons. The highest BCUT2D eigenvalue weighted by atomic mass is 19.4. The minimum absolute atomic E-state index is 0.371. The molecule has 1 saturated heterocycles. The number of hydrogen-bond acceptors (Lipinski definition) is 3. The van der Waals surface area contributed by atoms with Gasteiger partial charge in [0.05, 0.1) is 11.1 Å². The van der Waals surface area contributed by atoms with E-state index in [1.54, 1.807) is 0 Å². The molecule has 1 unspecified atom stereocenters. The summed E-state index contributed by atoms with van der Waals surface area (Å²) >= 11 is 0. The van der Waals surface area contributed by atoms with Gasteiger partial charge < -0.3 is 21.1 Å². The molecule has 1 atom stereocenters. The number of carboxylic acid groups (broad SMARTS) is 1. The fraction of sp³-hybridized carbons (Fsp3) is 0.444. The number of aryl methyl sites for hydroxylation is 2. The SMILES string of the molecule is Cc1[nH]c2c(C(N)=O)ccc(C3CCCNC3)c2c1C.O=C(O)C(F)(F)F. The highest BCUT2D eigenvalue weighted by Gasteiger charge is 2.38. The highest BCUT2D eigenvalue weighted by Crippen LogP contribution is 2.34. The van der Waals surface area contributed by atoms with Gasteiger partial charge in [-0.15, -0.1) is 0 Å². The fourth-order valence-corrected chi connectivity index (χ4v) is 3.28. The van der Waals surface area contributed by atoms with Crippen LogP contribution in [0.3, 0.4) is 0 Å². The molecule has 2 aromatic rings. The lowest BCUT2D eigenvalue weighted by atomic mass is 9.87. The van der Waals surface area contributed by atoms with E-state index in [4.69, 9.17) is 15.6 Å². The van der Waals surface area contributed by atoms with Gasteiger partial charge in [-0.25, -0.2) is 4.79 Å². The largest absolute Gasteiger partial charge is 0.490 e. The number of primary amides is 1. The van der Waals surface area contributed by atoms with E-state index in [1.807, 2.05) is 13.0 Å². The molecule has 5 N–H and O–H groups in total. The zero-order valence-electron chi connectivity index (χ0n) is 15.0. The van der Waals surface area contributed by atoms with Crippen molar-refractivity contribution in [3.8, 4) is 0 Å². The number of nitrogens with two attached hydrogens (primary N) is 1. The first-order valence-corrected chi connectivity index (χ1v) is 8.46. The standard InChI is InChI=1S/C16H21N3O.C2HF3O2/c1-9-10(2)19-15-13(16(17)20)6-5-12(14(9)15)11-4-3-7-18-8-11;3-2(4,5)1(6)7/h5-6,11,18-19H,3-4,7-8H2,1-2H3,(H2,17,20);(H,6,7). The van der Waals surface area contributed by atoms with Gasteiger partial charge in [-0.2, -0.15) is 13.2 Å². The van der Waals surface area contributed by atoms with Crippen LogP contribution in [0.2, 0.25) is 0 Å². The van der Waals surface area contributed by atoms with E-state index in [9.17, 15) is 18.0 Å². The summed E-state index contributed by atoms with van der Waals surface area (Å²) in [7, 11) is 0. The third-order valence-electron chi connectivity index (χ3n) is 4.73. The summed E-state index contributed by atoms with van der Waals surface area (Å²) < 4.78 is 31.7. The Hall–Kier alpha value is -2.55. The molecule has 0 aliphatic carbocycles. The second-order valence-electron chi connectivity index (χ2n) is 6.54. The Morgan fingerprint density at radius 2 is 1.89 bits per heavy atom. The summed E-state index contributed by atoms with van der Waals surface area (Å²) in [5, 5.41) is 11.8. The number of carbonyl (C=O) groups excluding carboxylic acids is 1. The van der Waals surface area contributed by atoms with Gasteiger partial charge in [0.2, 0.25) is 0 Å². The van der Waals surface area contributed by atoms with Gasteiger partial charge in [0.15, 0.2) is 0 Å². The lowest BCUT2D eigenvalue weighted by Crippen LogP contribution is -2.28. The molecule has 9 heteroatoms. The number of alkyl halides is 3. The van der Waals surface area contributed by atoms with Crippen molar-refractivity contribution < 1.29 is 27.9 Å². The first kappa shape index (κ1) is 20.8. The smallest absolute Gasteiger partial charge is 0.475 e. The number of fused-ring (bicyclic) bond motifs is 1. The Morgan fingerprint density at radius 3 is 2.37 bits per heavy atom. The molecule has 148 valence electrons. The van der Waals surface area contributed by atoms with Crippen LogP contribution in [0.15, 0.2) is 12.1 Å². The number of aromatic nitrogens is 1. The average Bonchev–Trinajstić information content (AvgIpc) is 2.89. The number of carboxylic acids is 1. The first-order valence-electron chi connectivity index (χ1n) is 8.46. The van der Waals surface area contributed by atoms with Crippen LogP contribution in [0.1, 0.15) is 45.9 Å². The molecule has 1 aromatic heterocycles. The van der Waals surface area contributed by atoms with E-state index in [1.165, 1.54) is 29.4 Å². The second-order valence-corrected chi connectivity index (χ2v) is 6.54. The van der Waals surface area contributed by atoms with Crippen LogP contribution in [0, 0.1) is 13.8 Å². The Bertz CT molecular complexity index is 853. The molecule has 2 heterocycles. The molecule has 27 heavy (non-hydrogen) atoms. The predicted molar refractivity (Wildman–Crippen MR) is 94.8 cm³/mol. The quantitative estimate of drug-likeness (QED) is 0.637. The van der Waals surface area contributed by atoms with E-state index in [0.29, 0.717) is 11.5 Å². The molecule has 1 amide bonds. The maximum Gasteiger partial charge on any atom is 0.490 e. The van der Waals surface area contributed by atoms with E-state index in [2.05, 4.69) is 23.3 Å². The molecular formula is C18H22F3N3O3. The van der Waals surface area contributed by atoms with Gasteiger partial charge >= 0.3 is 12.1 Å². The third-order valence-corrected chi connectivity index (χ3v) is 4.73. The van der Waals surface area contributed by atoms with Crippen LogP contribution in [0.4, 0.5) is 13.2 Å². The number of carbonyl (C=O) groups is 2. The maximum atomic E-state index is 11.6. The summed E-state index contributed by atoms with van der Waals surface area (Å²) in [4.78, 5) is 23.8. The Kier molecular flexibility index (Phi) is 6.15. The predicted octanol–water partition coefficient (Wildman–Crippen LogP) is 2.98. The molecule has 3 rings (SSSR count). The van der Waals surface area contributed by atoms with Gasteiger partial charge in [-0.1, -0.05) is 6.07 Å². The molecule has 1 aliphatic heterocycles. The number of piperidine rings is 1. The minimum atomic E-state index is -5.08. The van der Waals surface area contributed by atoms with Gasteiger partial charge in [0.25, 0.3) is 5.91 Å². The summed E-state index contributed by atoms with van der Waals surface area (Å²) in [6.07, 6.45) is -2.69. The fourth-order valence-electron chi connectivity index (χ4n) is 3.28. The van der Waals surface area contributed by atoms with Crippen LogP contribution < -0.4 is 11.1 Å². The van der Waals surface area contributed by atoms with Crippen molar-refractivity contribution in [2.24, 2.45) is 5.73 Å². The van der Waals surface area contributed by atoms with Crippen molar-refractivity contribution >= 4 is 22.8 Å². The van der Waals surface area contributed by atoms with Crippen molar-refractivity contribution in [3.63, 3.8) is 0 Å². The molecule has 6 nitrogen and oxygen atoms in total. The molecular weight excluding hydrogens is 363 g/mol. The van der Waals surface area contributed by atoms with Crippen LogP contribution in [-0.2, 0) is 4.79 Å². The zero-order chi connectivity index (χ0) is 20.4. The molecule has 1 aliphatic rings. The van der Waals surface area contributed by atoms with Gasteiger partial charge in [0.1, 0.15) is 0 Å². The van der Waals surface area contributed by atoms with Gasteiger partial charge in [0, 0.05) is 17.6 Å². The molecule has 0 spiro atoms. The van der Waals surface area contributed by atoms with Crippen LogP contribution >= 0.6 is 0 Å². The molecule has 0 saturated carbocycles. The third kappa shape index (κ3) is 4.60. The van der Waals surface area contributed by atoms with Gasteiger partial charge in [-0.3, -0.25) is 4.79 Å². The summed E-state index contributed by atoms with van der Waals surface area (Å²) in [5.74, 6) is -2.61.